The van der Waals surface area contributed by atoms with E-state index in [1.54, 1.807) is 0 Å². The van der Waals surface area contributed by atoms with Crippen LogP contribution in [0.25, 0.3) is 0 Å². The van der Waals surface area contributed by atoms with Crippen molar-refractivity contribution in [2.45, 2.75) is 203 Å². The molecule has 1 fully saturated rings. The first-order valence-electron chi connectivity index (χ1n) is 26.0. The molecule has 0 bridgehead atoms. The number of likely N-dealkylation sites (tertiary alicyclic amines) is 1. The van der Waals surface area contributed by atoms with Crippen LogP contribution >= 0.6 is 0 Å². The summed E-state index contributed by atoms with van der Waals surface area (Å²) in [5, 5.41) is 0. The number of rotatable bonds is 40. The van der Waals surface area contributed by atoms with Crippen LogP contribution in [0.3, 0.4) is 0 Å². The molecule has 4 unspecified atom stereocenters. The average Bonchev–Trinajstić information content (AvgIpc) is 3.28. The molecule has 1 aliphatic rings. The number of esters is 2. The van der Waals surface area contributed by atoms with Crippen LogP contribution < -0.4 is 0 Å². The fourth-order valence-electron chi connectivity index (χ4n) is 7.63. The maximum absolute atomic E-state index is 13.1. The number of nitrogens with zero attached hydrogens (tertiary/aromatic N) is 1. The molecular formula is C55H97NO9. The first-order chi connectivity index (χ1) is 31.4. The molecule has 0 amide bonds. The van der Waals surface area contributed by atoms with Crippen LogP contribution in [0, 0.1) is 23.7 Å². The second kappa shape index (κ2) is 41.3. The van der Waals surface area contributed by atoms with Crippen molar-refractivity contribution < 1.29 is 42.8 Å². The van der Waals surface area contributed by atoms with Crippen LogP contribution in [-0.2, 0) is 38.0 Å². The van der Waals surface area contributed by atoms with E-state index >= 15 is 0 Å². The van der Waals surface area contributed by atoms with E-state index < -0.39 is 24.3 Å². The van der Waals surface area contributed by atoms with Crippen LogP contribution in [0.2, 0.25) is 0 Å². The van der Waals surface area contributed by atoms with Crippen molar-refractivity contribution >= 4 is 18.1 Å². The molecule has 0 aliphatic carbocycles. The summed E-state index contributed by atoms with van der Waals surface area (Å²) in [6, 6.07) is 0. The quantitative estimate of drug-likeness (QED) is 0.0194. The second-order valence-electron chi connectivity index (χ2n) is 19.2. The van der Waals surface area contributed by atoms with Crippen LogP contribution in [0.1, 0.15) is 197 Å². The van der Waals surface area contributed by atoms with Gasteiger partial charge in [-0.2, -0.15) is 0 Å². The topological polar surface area (TPSA) is 110 Å². The lowest BCUT2D eigenvalue weighted by Crippen LogP contribution is -2.37. The van der Waals surface area contributed by atoms with Gasteiger partial charge in [-0.05, 0) is 143 Å². The van der Waals surface area contributed by atoms with Gasteiger partial charge in [-0.1, -0.05) is 107 Å². The molecule has 0 aromatic heterocycles. The minimum absolute atomic E-state index is 0.0276. The molecule has 10 heteroatoms. The number of ether oxygens (including phenoxy) is 6. The summed E-state index contributed by atoms with van der Waals surface area (Å²) in [5.41, 5.74) is 2.67. The molecule has 1 rings (SSSR count). The lowest BCUT2D eigenvalue weighted by molar-refractivity contribution is -0.162. The largest absolute Gasteiger partial charge is 0.508 e. The number of allylic oxidation sites excluding steroid dienone is 8. The van der Waals surface area contributed by atoms with Gasteiger partial charge in [0.25, 0.3) is 0 Å². The van der Waals surface area contributed by atoms with Gasteiger partial charge in [0, 0.05) is 38.5 Å². The second-order valence-corrected chi connectivity index (χ2v) is 19.2. The fourth-order valence-corrected chi connectivity index (χ4v) is 7.63. The Balaban J connectivity index is 2.66. The highest BCUT2D eigenvalue weighted by Gasteiger charge is 2.23. The van der Waals surface area contributed by atoms with Gasteiger partial charge in [-0.15, -0.1) is 0 Å². The van der Waals surface area contributed by atoms with Crippen molar-refractivity contribution in [3.8, 4) is 0 Å². The van der Waals surface area contributed by atoms with Crippen LogP contribution in [0.5, 0.6) is 0 Å². The summed E-state index contributed by atoms with van der Waals surface area (Å²) in [4.78, 5) is 40.9. The minimum Gasteiger partial charge on any atom is -0.465 e. The monoisotopic (exact) mass is 916 g/mol. The number of carbonyl (C=O) groups excluding carboxylic acids is 3. The van der Waals surface area contributed by atoms with Gasteiger partial charge in [-0.3, -0.25) is 9.59 Å². The number of unbranched alkanes of at least 4 members (excludes halogenated alkanes) is 8. The third-order valence-electron chi connectivity index (χ3n) is 12.1. The van der Waals surface area contributed by atoms with Crippen molar-refractivity contribution in [1.29, 1.82) is 0 Å². The molecule has 0 spiro atoms. The maximum Gasteiger partial charge on any atom is 0.508 e. The Morgan fingerprint density at radius 3 is 1.75 bits per heavy atom. The van der Waals surface area contributed by atoms with E-state index in [2.05, 4.69) is 96.7 Å². The van der Waals surface area contributed by atoms with E-state index in [-0.39, 0.29) is 38.1 Å². The molecule has 0 N–H and O–H groups in total. The third-order valence-corrected chi connectivity index (χ3v) is 12.1. The first kappa shape index (κ1) is 60.1. The van der Waals surface area contributed by atoms with Crippen molar-refractivity contribution in [2.75, 3.05) is 59.3 Å². The highest BCUT2D eigenvalue weighted by molar-refractivity contribution is 5.69. The minimum atomic E-state index is -0.763. The van der Waals surface area contributed by atoms with Crippen LogP contribution in [0.15, 0.2) is 47.6 Å². The Morgan fingerprint density at radius 2 is 1.17 bits per heavy atom. The molecule has 1 heterocycles. The van der Waals surface area contributed by atoms with Crippen molar-refractivity contribution in [2.24, 2.45) is 23.7 Å². The Hall–Kier alpha value is -2.95. The van der Waals surface area contributed by atoms with Crippen LogP contribution in [-0.4, -0.2) is 88.6 Å². The molecule has 1 saturated heterocycles. The molecule has 10 nitrogen and oxygen atoms in total. The van der Waals surface area contributed by atoms with E-state index in [4.69, 9.17) is 28.4 Å². The van der Waals surface area contributed by atoms with E-state index in [0.717, 1.165) is 116 Å². The average molecular weight is 916 g/mol. The summed E-state index contributed by atoms with van der Waals surface area (Å²) < 4.78 is 34.8. The van der Waals surface area contributed by atoms with Gasteiger partial charge in [0.15, 0.2) is 6.29 Å². The molecule has 65 heavy (non-hydrogen) atoms. The predicted octanol–water partition coefficient (Wildman–Crippen LogP) is 14.1. The third kappa shape index (κ3) is 37.8. The highest BCUT2D eigenvalue weighted by Crippen LogP contribution is 2.19. The summed E-state index contributed by atoms with van der Waals surface area (Å²) in [7, 11) is 0. The van der Waals surface area contributed by atoms with Crippen LogP contribution in [0.4, 0.5) is 4.79 Å². The molecule has 376 valence electrons. The van der Waals surface area contributed by atoms with E-state index in [1.807, 2.05) is 0 Å². The van der Waals surface area contributed by atoms with Gasteiger partial charge in [-0.25, -0.2) is 4.79 Å². The molecule has 1 aliphatic heterocycles. The van der Waals surface area contributed by atoms with Crippen molar-refractivity contribution in [3.05, 3.63) is 47.6 Å². The van der Waals surface area contributed by atoms with E-state index in [0.29, 0.717) is 44.5 Å². The van der Waals surface area contributed by atoms with E-state index in [9.17, 15) is 14.4 Å². The van der Waals surface area contributed by atoms with Gasteiger partial charge in [0.1, 0.15) is 19.8 Å². The number of piperidine rings is 1. The Labute approximate surface area is 398 Å². The summed E-state index contributed by atoms with van der Waals surface area (Å²) in [5.74, 6) is 0.0453. The van der Waals surface area contributed by atoms with Crippen molar-refractivity contribution in [3.63, 3.8) is 0 Å². The molecule has 0 aromatic carbocycles. The molecular weight excluding hydrogens is 819 g/mol. The lowest BCUT2D eigenvalue weighted by Gasteiger charge is -2.31. The number of carbonyl (C=O) groups is 3. The Bertz CT molecular complexity index is 1280. The fraction of sp³-hybridized carbons (Fsp3) is 0.800. The van der Waals surface area contributed by atoms with Crippen molar-refractivity contribution in [1.82, 2.24) is 4.90 Å². The summed E-state index contributed by atoms with van der Waals surface area (Å²) >= 11 is 0. The van der Waals surface area contributed by atoms with Gasteiger partial charge < -0.3 is 33.3 Å². The molecule has 0 radical (unpaired) electrons. The smallest absolute Gasteiger partial charge is 0.465 e. The Kier molecular flexibility index (Phi) is 38.1. The maximum atomic E-state index is 13.1. The number of hydrogen-bond donors (Lipinski definition) is 0. The standard InChI is InChI=1S/C55H97NO9/c1-9-11-12-13-14-15-16-17-18-19-20-21-22-23-24-33-52(57)62-43-51(45-65-55(59)64-42-50-32-27-38-56(10-2)41-50)44-63-53(58)34-35-54(60-39-36-48(7)30-25-28-46(3)4)61-40-37-49(8)31-26-29-47(5)6/h14-15,17-18,28-29,48-51,54H,9-13,16,19-27,30-45H2,1-8H3/b15-14-,18-17-. The molecule has 4 atom stereocenters. The van der Waals surface area contributed by atoms with E-state index in [1.165, 1.54) is 36.8 Å². The molecule has 0 aromatic rings. The predicted molar refractivity (Wildman–Crippen MR) is 267 cm³/mol. The zero-order chi connectivity index (χ0) is 47.8. The Morgan fingerprint density at radius 1 is 0.615 bits per heavy atom. The summed E-state index contributed by atoms with van der Waals surface area (Å²) in [6.45, 7) is 21.5. The van der Waals surface area contributed by atoms with Gasteiger partial charge >= 0.3 is 18.1 Å². The normalized spacial score (nSPS) is 16.2. The molecule has 0 saturated carbocycles. The van der Waals surface area contributed by atoms with Gasteiger partial charge in [0.2, 0.25) is 0 Å². The summed E-state index contributed by atoms with van der Waals surface area (Å²) in [6.07, 6.45) is 33.6. The lowest BCUT2D eigenvalue weighted by atomic mass is 9.99. The zero-order valence-electron chi connectivity index (χ0n) is 42.9. The SMILES string of the molecule is CCCCC/C=C\C/C=C\CCCCCCCC(=O)OCC(COC(=O)CCC(OCCC(C)CCC=C(C)C)OCCC(C)CCC=C(C)C)COC(=O)OCC1CCCN(CC)C1. The first-order valence-corrected chi connectivity index (χ1v) is 26.0. The zero-order valence-corrected chi connectivity index (χ0v) is 42.9. The van der Waals surface area contributed by atoms with Gasteiger partial charge in [0.05, 0.1) is 18.9 Å². The highest BCUT2D eigenvalue weighted by atomic mass is 16.7. The number of hydrogen-bond acceptors (Lipinski definition) is 10.